The van der Waals surface area contributed by atoms with Crippen molar-refractivity contribution in [2.24, 2.45) is 0 Å². The van der Waals surface area contributed by atoms with Gasteiger partial charge in [0.05, 0.1) is 28.2 Å². The summed E-state index contributed by atoms with van der Waals surface area (Å²) in [6.45, 7) is 0. The number of hydrogen-bond acceptors (Lipinski definition) is 3. The molecule has 0 fully saturated rings. The van der Waals surface area contributed by atoms with E-state index in [4.69, 9.17) is 11.6 Å². The van der Waals surface area contributed by atoms with Gasteiger partial charge in [0, 0.05) is 0 Å². The lowest BCUT2D eigenvalue weighted by Gasteiger charge is -1.89. The Morgan fingerprint density at radius 2 is 2.38 bits per heavy atom. The van der Waals surface area contributed by atoms with E-state index >= 15 is 0 Å². The fourth-order valence-electron chi connectivity index (χ4n) is 1.13. The van der Waals surface area contributed by atoms with Gasteiger partial charge in [0.2, 0.25) is 0 Å². The summed E-state index contributed by atoms with van der Waals surface area (Å²) in [5, 5.41) is 11.2. The van der Waals surface area contributed by atoms with Gasteiger partial charge in [0.15, 0.2) is 0 Å². The lowest BCUT2D eigenvalue weighted by atomic mass is 10.3. The maximum absolute atomic E-state index is 10.5. The fourth-order valence-corrected chi connectivity index (χ4v) is 1.29. The monoisotopic (exact) mass is 197 g/mol. The van der Waals surface area contributed by atoms with Gasteiger partial charge in [0.25, 0.3) is 5.69 Å². The molecule has 0 amide bonds. The van der Waals surface area contributed by atoms with E-state index in [2.05, 4.69) is 9.97 Å². The van der Waals surface area contributed by atoms with Gasteiger partial charge in [-0.1, -0.05) is 11.6 Å². The average molecular weight is 198 g/mol. The number of hydrogen-bond donors (Lipinski definition) is 1. The lowest BCUT2D eigenvalue weighted by molar-refractivity contribution is -0.383. The van der Waals surface area contributed by atoms with Crippen LogP contribution in [0.15, 0.2) is 18.5 Å². The Morgan fingerprint density at radius 1 is 1.62 bits per heavy atom. The third kappa shape index (κ3) is 1.23. The number of nitrogens with zero attached hydrogens (tertiary/aromatic N) is 2. The van der Waals surface area contributed by atoms with E-state index in [1.165, 1.54) is 18.5 Å². The Labute approximate surface area is 77.5 Å². The van der Waals surface area contributed by atoms with E-state index < -0.39 is 4.92 Å². The summed E-state index contributed by atoms with van der Waals surface area (Å²) in [7, 11) is 0. The molecule has 2 aromatic rings. The van der Waals surface area contributed by atoms with Crippen LogP contribution in [-0.4, -0.2) is 14.9 Å². The van der Waals surface area contributed by atoms with Crippen molar-refractivity contribution in [1.29, 1.82) is 0 Å². The molecule has 2 heterocycles. The fraction of sp³-hybridized carbons (Fsp3) is 0. The second-order valence-corrected chi connectivity index (χ2v) is 2.87. The Morgan fingerprint density at radius 3 is 3.08 bits per heavy atom. The largest absolute Gasteiger partial charge is 0.354 e. The van der Waals surface area contributed by atoms with Gasteiger partial charge >= 0.3 is 0 Å². The number of aromatic amines is 1. The standard InChI is InChI=1S/C7H4ClN3O2/c8-7-1-4-5(2-10-7)9-3-6(4)11(12)13/h1-3,9H. The summed E-state index contributed by atoms with van der Waals surface area (Å²) < 4.78 is 0. The van der Waals surface area contributed by atoms with Crippen molar-refractivity contribution >= 4 is 28.2 Å². The zero-order chi connectivity index (χ0) is 9.42. The molecule has 0 atom stereocenters. The highest BCUT2D eigenvalue weighted by Gasteiger charge is 2.13. The van der Waals surface area contributed by atoms with Gasteiger partial charge < -0.3 is 4.98 Å². The van der Waals surface area contributed by atoms with Crippen molar-refractivity contribution in [3.8, 4) is 0 Å². The van der Waals surface area contributed by atoms with Crippen LogP contribution in [0.25, 0.3) is 10.9 Å². The van der Waals surface area contributed by atoms with Gasteiger partial charge in [-0.15, -0.1) is 0 Å². The van der Waals surface area contributed by atoms with E-state index in [-0.39, 0.29) is 10.8 Å². The minimum Gasteiger partial charge on any atom is -0.354 e. The summed E-state index contributed by atoms with van der Waals surface area (Å²) in [5.41, 5.74) is 0.621. The molecule has 13 heavy (non-hydrogen) atoms. The lowest BCUT2D eigenvalue weighted by Crippen LogP contribution is -1.85. The predicted molar refractivity (Wildman–Crippen MR) is 47.8 cm³/mol. The number of H-pyrrole nitrogens is 1. The zero-order valence-corrected chi connectivity index (χ0v) is 7.08. The molecule has 0 unspecified atom stereocenters. The van der Waals surface area contributed by atoms with Crippen molar-refractivity contribution in [3.63, 3.8) is 0 Å². The first kappa shape index (κ1) is 8.00. The number of halogens is 1. The molecule has 0 saturated carbocycles. The van der Waals surface area contributed by atoms with Crippen molar-refractivity contribution in [3.05, 3.63) is 33.7 Å². The number of nitrogens with one attached hydrogen (secondary N) is 1. The van der Waals surface area contributed by atoms with Gasteiger partial charge in [-0.2, -0.15) is 0 Å². The van der Waals surface area contributed by atoms with Gasteiger partial charge in [0.1, 0.15) is 5.15 Å². The Kier molecular flexibility index (Phi) is 1.66. The first-order valence-electron chi connectivity index (χ1n) is 3.45. The molecule has 0 radical (unpaired) electrons. The predicted octanol–water partition coefficient (Wildman–Crippen LogP) is 2.12. The minimum absolute atomic E-state index is 0.0132. The number of fused-ring (bicyclic) bond motifs is 1. The molecule has 0 aromatic carbocycles. The Hall–Kier alpha value is -1.62. The van der Waals surface area contributed by atoms with E-state index in [0.29, 0.717) is 10.9 Å². The molecule has 66 valence electrons. The smallest absolute Gasteiger partial charge is 0.294 e. The molecule has 0 aliphatic carbocycles. The van der Waals surface area contributed by atoms with E-state index in [9.17, 15) is 10.1 Å². The van der Waals surface area contributed by atoms with Gasteiger partial charge in [-0.05, 0) is 6.07 Å². The van der Waals surface area contributed by atoms with Gasteiger partial charge in [-0.25, -0.2) is 4.98 Å². The summed E-state index contributed by atoms with van der Waals surface area (Å²) in [6, 6.07) is 1.46. The maximum Gasteiger partial charge on any atom is 0.294 e. The van der Waals surface area contributed by atoms with Crippen molar-refractivity contribution < 1.29 is 4.92 Å². The van der Waals surface area contributed by atoms with Crippen LogP contribution >= 0.6 is 11.6 Å². The van der Waals surface area contributed by atoms with Crippen molar-refractivity contribution in [2.75, 3.05) is 0 Å². The molecule has 5 nitrogen and oxygen atoms in total. The summed E-state index contributed by atoms with van der Waals surface area (Å²) >= 11 is 5.60. The number of nitro groups is 1. The molecule has 6 heteroatoms. The second kappa shape index (κ2) is 2.70. The Bertz CT molecular complexity index is 480. The van der Waals surface area contributed by atoms with Crippen LogP contribution in [0.3, 0.4) is 0 Å². The quantitative estimate of drug-likeness (QED) is 0.432. The highest BCUT2D eigenvalue weighted by atomic mass is 35.5. The topological polar surface area (TPSA) is 71.8 Å². The molecular weight excluding hydrogens is 194 g/mol. The molecule has 0 saturated heterocycles. The summed E-state index contributed by atoms with van der Waals surface area (Å²) in [6.07, 6.45) is 2.79. The van der Waals surface area contributed by atoms with Crippen LogP contribution < -0.4 is 0 Å². The second-order valence-electron chi connectivity index (χ2n) is 2.48. The Balaban J connectivity index is 2.79. The SMILES string of the molecule is O=[N+]([O-])c1c[nH]c2cnc(Cl)cc12. The molecule has 2 aromatic heterocycles. The molecular formula is C7H4ClN3O2. The van der Waals surface area contributed by atoms with Crippen LogP contribution in [0.2, 0.25) is 5.15 Å². The van der Waals surface area contributed by atoms with Gasteiger partial charge in [-0.3, -0.25) is 10.1 Å². The van der Waals surface area contributed by atoms with Crippen LogP contribution in [-0.2, 0) is 0 Å². The molecule has 2 rings (SSSR count). The molecule has 0 aliphatic rings. The molecule has 0 spiro atoms. The van der Waals surface area contributed by atoms with E-state index in [1.54, 1.807) is 0 Å². The van der Waals surface area contributed by atoms with E-state index in [0.717, 1.165) is 0 Å². The average Bonchev–Trinajstić information content (AvgIpc) is 2.46. The first-order valence-corrected chi connectivity index (χ1v) is 3.83. The summed E-state index contributed by atoms with van der Waals surface area (Å²) in [5.74, 6) is 0. The number of rotatable bonds is 1. The minimum atomic E-state index is -0.463. The molecule has 0 aliphatic heterocycles. The van der Waals surface area contributed by atoms with Crippen molar-refractivity contribution in [1.82, 2.24) is 9.97 Å². The maximum atomic E-state index is 10.5. The highest BCUT2D eigenvalue weighted by Crippen LogP contribution is 2.25. The normalized spacial score (nSPS) is 10.5. The third-order valence-electron chi connectivity index (χ3n) is 1.71. The number of pyridine rings is 1. The number of aromatic nitrogens is 2. The molecule has 1 N–H and O–H groups in total. The van der Waals surface area contributed by atoms with Crippen molar-refractivity contribution in [2.45, 2.75) is 0 Å². The van der Waals surface area contributed by atoms with Crippen LogP contribution in [0.4, 0.5) is 5.69 Å². The zero-order valence-electron chi connectivity index (χ0n) is 6.32. The first-order chi connectivity index (χ1) is 6.18. The van der Waals surface area contributed by atoms with Crippen LogP contribution in [0.1, 0.15) is 0 Å². The highest BCUT2D eigenvalue weighted by molar-refractivity contribution is 6.30. The third-order valence-corrected chi connectivity index (χ3v) is 1.91. The summed E-state index contributed by atoms with van der Waals surface area (Å²) in [4.78, 5) is 16.6. The van der Waals surface area contributed by atoms with Crippen LogP contribution in [0.5, 0.6) is 0 Å². The van der Waals surface area contributed by atoms with Crippen LogP contribution in [0, 0.1) is 10.1 Å². The van der Waals surface area contributed by atoms with E-state index in [1.807, 2.05) is 0 Å². The molecule has 0 bridgehead atoms.